The van der Waals surface area contributed by atoms with Crippen molar-refractivity contribution in [2.75, 3.05) is 0 Å². The Hall–Kier alpha value is -2.17. The van der Waals surface area contributed by atoms with Gasteiger partial charge in [-0.1, -0.05) is 74.6 Å². The Balaban J connectivity index is 1.69. The van der Waals surface area contributed by atoms with Gasteiger partial charge in [-0.3, -0.25) is 0 Å². The molecule has 1 aliphatic carbocycles. The Labute approximate surface area is 198 Å². The van der Waals surface area contributed by atoms with Crippen LogP contribution in [0.2, 0.25) is 0 Å². The van der Waals surface area contributed by atoms with Crippen LogP contribution >= 0.6 is 0 Å². The first-order valence-corrected chi connectivity index (χ1v) is 14.1. The van der Waals surface area contributed by atoms with Crippen molar-refractivity contribution in [2.45, 2.75) is 82.7 Å². The highest BCUT2D eigenvalue weighted by molar-refractivity contribution is 7.89. The third-order valence-electron chi connectivity index (χ3n) is 7.72. The number of aryl methyl sites for hydroxylation is 2. The average Bonchev–Trinajstić information content (AvgIpc) is 3.23. The standard InChI is InChI=1S/C29H35NO2S/c1-3-4-13-27-26-14-9-8-12-23(26)19-24-20-30(29(28(24)27)22-10-6-5-7-11-22)33(31,32)25-17-15-21(2)16-18-25/h8-9,12,14-19,22,29H,3-7,10-11,13,20H2,1-2H3. The lowest BCUT2D eigenvalue weighted by Gasteiger charge is -2.35. The molecule has 0 amide bonds. The quantitative estimate of drug-likeness (QED) is 0.386. The Morgan fingerprint density at radius 3 is 2.42 bits per heavy atom. The van der Waals surface area contributed by atoms with Gasteiger partial charge in [0.15, 0.2) is 0 Å². The number of benzene rings is 3. The second kappa shape index (κ2) is 9.23. The van der Waals surface area contributed by atoms with Gasteiger partial charge in [0.25, 0.3) is 0 Å². The van der Waals surface area contributed by atoms with E-state index in [-0.39, 0.29) is 6.04 Å². The molecule has 3 aromatic carbocycles. The van der Waals surface area contributed by atoms with Gasteiger partial charge < -0.3 is 0 Å². The van der Waals surface area contributed by atoms with E-state index in [2.05, 4.69) is 37.3 Å². The first kappa shape index (κ1) is 22.6. The van der Waals surface area contributed by atoms with Gasteiger partial charge in [-0.2, -0.15) is 4.31 Å². The van der Waals surface area contributed by atoms with E-state index >= 15 is 0 Å². The zero-order chi connectivity index (χ0) is 23.0. The topological polar surface area (TPSA) is 37.4 Å². The minimum atomic E-state index is -3.59. The van der Waals surface area contributed by atoms with Gasteiger partial charge >= 0.3 is 0 Å². The minimum Gasteiger partial charge on any atom is -0.207 e. The predicted molar refractivity (Wildman–Crippen MR) is 136 cm³/mol. The number of rotatable bonds is 6. The molecular formula is C29H35NO2S. The Morgan fingerprint density at radius 1 is 0.970 bits per heavy atom. The molecule has 0 bridgehead atoms. The van der Waals surface area contributed by atoms with Gasteiger partial charge in [0.1, 0.15) is 0 Å². The van der Waals surface area contributed by atoms with E-state index in [4.69, 9.17) is 0 Å². The lowest BCUT2D eigenvalue weighted by atomic mass is 9.79. The summed E-state index contributed by atoms with van der Waals surface area (Å²) in [7, 11) is -3.59. The fourth-order valence-electron chi connectivity index (χ4n) is 6.04. The summed E-state index contributed by atoms with van der Waals surface area (Å²) in [6, 6.07) is 18.2. The number of sulfonamides is 1. The van der Waals surface area contributed by atoms with Gasteiger partial charge in [0, 0.05) is 6.54 Å². The molecule has 3 nitrogen and oxygen atoms in total. The molecule has 5 rings (SSSR count). The summed E-state index contributed by atoms with van der Waals surface area (Å²) in [4.78, 5) is 0.418. The molecule has 0 N–H and O–H groups in total. The van der Waals surface area contributed by atoms with Gasteiger partial charge in [-0.05, 0) is 84.2 Å². The van der Waals surface area contributed by atoms with Crippen LogP contribution < -0.4 is 0 Å². The van der Waals surface area contributed by atoms with E-state index in [1.54, 1.807) is 12.1 Å². The van der Waals surface area contributed by atoms with E-state index in [9.17, 15) is 8.42 Å². The fraction of sp³-hybridized carbons (Fsp3) is 0.448. The van der Waals surface area contributed by atoms with Crippen LogP contribution in [0.5, 0.6) is 0 Å². The van der Waals surface area contributed by atoms with Gasteiger partial charge in [-0.15, -0.1) is 0 Å². The third-order valence-corrected chi connectivity index (χ3v) is 9.56. The van der Waals surface area contributed by atoms with Crippen LogP contribution in [0.25, 0.3) is 10.8 Å². The van der Waals surface area contributed by atoms with Crippen molar-refractivity contribution in [3.63, 3.8) is 0 Å². The first-order chi connectivity index (χ1) is 16.0. The first-order valence-electron chi connectivity index (χ1n) is 12.6. The lowest BCUT2D eigenvalue weighted by molar-refractivity contribution is 0.207. The van der Waals surface area contributed by atoms with E-state index in [1.807, 2.05) is 23.4 Å². The van der Waals surface area contributed by atoms with Gasteiger partial charge in [0.05, 0.1) is 10.9 Å². The highest BCUT2D eigenvalue weighted by Gasteiger charge is 2.44. The maximum Gasteiger partial charge on any atom is 0.243 e. The maximum atomic E-state index is 14.0. The SMILES string of the molecule is CCCCc1c2c(cc3ccccc13)CN(S(=O)(=O)c1ccc(C)cc1)C2C1CCCCC1. The van der Waals surface area contributed by atoms with Crippen molar-refractivity contribution in [2.24, 2.45) is 5.92 Å². The number of fused-ring (bicyclic) bond motifs is 2. The van der Waals surface area contributed by atoms with Crippen molar-refractivity contribution in [3.05, 3.63) is 76.9 Å². The summed E-state index contributed by atoms with van der Waals surface area (Å²) < 4.78 is 29.9. The van der Waals surface area contributed by atoms with Crippen molar-refractivity contribution in [1.29, 1.82) is 0 Å². The van der Waals surface area contributed by atoms with Crippen LogP contribution in [0.1, 0.15) is 80.2 Å². The highest BCUT2D eigenvalue weighted by Crippen LogP contribution is 2.49. The van der Waals surface area contributed by atoms with Crippen molar-refractivity contribution < 1.29 is 8.42 Å². The van der Waals surface area contributed by atoms with Crippen LogP contribution in [-0.2, 0) is 23.0 Å². The molecule has 3 aromatic rings. The molecule has 0 aromatic heterocycles. The minimum absolute atomic E-state index is 0.0527. The third kappa shape index (κ3) is 4.13. The Bertz CT molecular complexity index is 1240. The second-order valence-corrected chi connectivity index (χ2v) is 11.8. The van der Waals surface area contributed by atoms with Gasteiger partial charge in [0.2, 0.25) is 10.0 Å². The van der Waals surface area contributed by atoms with Gasteiger partial charge in [-0.25, -0.2) is 8.42 Å². The van der Waals surface area contributed by atoms with Crippen molar-refractivity contribution >= 4 is 20.8 Å². The van der Waals surface area contributed by atoms with Crippen molar-refractivity contribution in [3.8, 4) is 0 Å². The molecule has 1 saturated carbocycles. The van der Waals surface area contributed by atoms with E-state index in [1.165, 1.54) is 46.7 Å². The molecule has 1 atom stereocenters. The molecule has 1 heterocycles. The Kier molecular flexibility index (Phi) is 6.32. The number of unbranched alkanes of at least 4 members (excludes halogenated alkanes) is 1. The van der Waals surface area contributed by atoms with Crippen LogP contribution in [0.15, 0.2) is 59.5 Å². The molecule has 1 aliphatic heterocycles. The molecule has 1 unspecified atom stereocenters. The summed E-state index contributed by atoms with van der Waals surface area (Å²) >= 11 is 0. The molecule has 1 fully saturated rings. The second-order valence-electron chi connectivity index (χ2n) is 9.96. The molecule has 0 radical (unpaired) electrons. The maximum absolute atomic E-state index is 14.0. The number of nitrogens with zero attached hydrogens (tertiary/aromatic N) is 1. The van der Waals surface area contributed by atoms with Crippen LogP contribution in [0, 0.1) is 12.8 Å². The van der Waals surface area contributed by atoms with E-state index in [0.29, 0.717) is 17.4 Å². The molecule has 33 heavy (non-hydrogen) atoms. The summed E-state index contributed by atoms with van der Waals surface area (Å²) in [5.74, 6) is 0.391. The Morgan fingerprint density at radius 2 is 1.70 bits per heavy atom. The molecule has 4 heteroatoms. The predicted octanol–water partition coefficient (Wildman–Crippen LogP) is 7.32. The normalized spacial score (nSPS) is 19.8. The zero-order valence-electron chi connectivity index (χ0n) is 19.9. The molecule has 0 saturated heterocycles. The van der Waals surface area contributed by atoms with Crippen molar-refractivity contribution in [1.82, 2.24) is 4.31 Å². The molecule has 2 aliphatic rings. The number of hydrogen-bond acceptors (Lipinski definition) is 2. The van der Waals surface area contributed by atoms with Crippen LogP contribution in [-0.4, -0.2) is 12.7 Å². The van der Waals surface area contributed by atoms with E-state index < -0.39 is 10.0 Å². The monoisotopic (exact) mass is 461 g/mol. The fourth-order valence-corrected chi connectivity index (χ4v) is 7.67. The summed E-state index contributed by atoms with van der Waals surface area (Å²) in [5, 5.41) is 2.54. The summed E-state index contributed by atoms with van der Waals surface area (Å²) in [5.41, 5.74) is 5.01. The lowest BCUT2D eigenvalue weighted by Crippen LogP contribution is -2.34. The molecular weight excluding hydrogens is 426 g/mol. The molecule has 0 spiro atoms. The van der Waals surface area contributed by atoms with Crippen LogP contribution in [0.3, 0.4) is 0 Å². The zero-order valence-corrected chi connectivity index (χ0v) is 20.7. The smallest absolute Gasteiger partial charge is 0.207 e. The number of hydrogen-bond donors (Lipinski definition) is 0. The molecule has 174 valence electrons. The average molecular weight is 462 g/mol. The largest absolute Gasteiger partial charge is 0.243 e. The van der Waals surface area contributed by atoms with Crippen LogP contribution in [0.4, 0.5) is 0 Å². The summed E-state index contributed by atoms with van der Waals surface area (Å²) in [6.07, 6.45) is 9.18. The van der Waals surface area contributed by atoms with E-state index in [0.717, 1.165) is 37.7 Å². The summed E-state index contributed by atoms with van der Waals surface area (Å²) in [6.45, 7) is 4.72. The highest BCUT2D eigenvalue weighted by atomic mass is 32.2.